The molecule has 0 saturated heterocycles. The monoisotopic (exact) mass is 315 g/mol. The quantitative estimate of drug-likeness (QED) is 0.907. The first-order chi connectivity index (χ1) is 10.9. The van der Waals surface area contributed by atoms with Crippen LogP contribution in [0.5, 0.6) is 5.75 Å². The number of ether oxygens (including phenoxy) is 1. The first kappa shape index (κ1) is 16.4. The number of rotatable bonds is 5. The van der Waals surface area contributed by atoms with Crippen LogP contribution in [0.4, 0.5) is 0 Å². The van der Waals surface area contributed by atoms with Crippen LogP contribution < -0.4 is 4.74 Å². The molecule has 23 heavy (non-hydrogen) atoms. The molecule has 0 aromatic carbocycles. The van der Waals surface area contributed by atoms with Gasteiger partial charge in [-0.15, -0.1) is 0 Å². The molecule has 0 aliphatic heterocycles. The van der Waals surface area contributed by atoms with Gasteiger partial charge in [0.2, 0.25) is 0 Å². The maximum Gasteiger partial charge on any atom is 0.354 e. The first-order valence-electron chi connectivity index (χ1n) is 6.90. The molecule has 0 aliphatic rings. The van der Waals surface area contributed by atoms with E-state index >= 15 is 0 Å². The number of carboxylic acid groups (broad SMARTS) is 1. The molecule has 0 aliphatic carbocycles. The Hall–Kier alpha value is -2.96. The Morgan fingerprint density at radius 1 is 1.22 bits per heavy atom. The highest BCUT2D eigenvalue weighted by atomic mass is 16.5. The van der Waals surface area contributed by atoms with Crippen molar-refractivity contribution in [2.45, 2.75) is 13.0 Å². The molecular weight excluding hydrogens is 298 g/mol. The van der Waals surface area contributed by atoms with Gasteiger partial charge in [-0.2, -0.15) is 0 Å². The molecule has 120 valence electrons. The predicted molar refractivity (Wildman–Crippen MR) is 82.5 cm³/mol. The van der Waals surface area contributed by atoms with Gasteiger partial charge in [0, 0.05) is 31.6 Å². The molecule has 2 aromatic rings. The van der Waals surface area contributed by atoms with Crippen molar-refractivity contribution < 1.29 is 19.4 Å². The SMILES string of the molecule is COc1cc(C(=O)O)nc(C(=O)N(C)C(C)c2ccncc2)c1. The van der Waals surface area contributed by atoms with Gasteiger partial charge >= 0.3 is 5.97 Å². The molecule has 2 rings (SSSR count). The number of carbonyl (C=O) groups excluding carboxylic acids is 1. The summed E-state index contributed by atoms with van der Waals surface area (Å²) in [6.45, 7) is 1.87. The Balaban J connectivity index is 2.32. The minimum atomic E-state index is -1.22. The van der Waals surface area contributed by atoms with Gasteiger partial charge in [-0.1, -0.05) is 0 Å². The van der Waals surface area contributed by atoms with Crippen LogP contribution in [-0.4, -0.2) is 46.0 Å². The van der Waals surface area contributed by atoms with Crippen molar-refractivity contribution >= 4 is 11.9 Å². The molecule has 1 N–H and O–H groups in total. The molecule has 1 unspecified atom stereocenters. The van der Waals surface area contributed by atoms with Crippen molar-refractivity contribution in [1.29, 1.82) is 0 Å². The van der Waals surface area contributed by atoms with Gasteiger partial charge in [-0.25, -0.2) is 9.78 Å². The number of aromatic nitrogens is 2. The van der Waals surface area contributed by atoms with Crippen molar-refractivity contribution in [3.05, 3.63) is 53.6 Å². The second-order valence-corrected chi connectivity index (χ2v) is 4.96. The maximum atomic E-state index is 12.6. The number of hydrogen-bond donors (Lipinski definition) is 1. The number of nitrogens with zero attached hydrogens (tertiary/aromatic N) is 3. The fourth-order valence-corrected chi connectivity index (χ4v) is 2.06. The van der Waals surface area contributed by atoms with E-state index in [2.05, 4.69) is 9.97 Å². The van der Waals surface area contributed by atoms with Crippen LogP contribution in [0.3, 0.4) is 0 Å². The maximum absolute atomic E-state index is 12.6. The molecule has 1 atom stereocenters. The zero-order chi connectivity index (χ0) is 17.0. The minimum absolute atomic E-state index is 0.0187. The van der Waals surface area contributed by atoms with Crippen LogP contribution in [0.2, 0.25) is 0 Å². The van der Waals surface area contributed by atoms with E-state index in [9.17, 15) is 9.59 Å². The molecule has 1 amide bonds. The van der Waals surface area contributed by atoms with E-state index in [1.807, 2.05) is 19.1 Å². The molecule has 0 radical (unpaired) electrons. The highest BCUT2D eigenvalue weighted by Gasteiger charge is 2.22. The zero-order valence-electron chi connectivity index (χ0n) is 13.1. The van der Waals surface area contributed by atoms with Crippen LogP contribution in [0.1, 0.15) is 39.5 Å². The molecule has 2 heterocycles. The Kier molecular flexibility index (Phi) is 4.90. The molecule has 0 saturated carbocycles. The number of aromatic carboxylic acids is 1. The Morgan fingerprint density at radius 3 is 2.39 bits per heavy atom. The van der Waals surface area contributed by atoms with E-state index in [1.165, 1.54) is 24.1 Å². The molecule has 7 heteroatoms. The summed E-state index contributed by atoms with van der Waals surface area (Å²) in [7, 11) is 3.04. The standard InChI is InChI=1S/C16H17N3O4/c1-10(11-4-6-17-7-5-11)19(2)15(20)13-8-12(23-3)9-14(18-13)16(21)22/h4-10H,1-3H3,(H,21,22). The van der Waals surface area contributed by atoms with E-state index in [-0.39, 0.29) is 23.2 Å². The predicted octanol–water partition coefficient (Wildman–Crippen LogP) is 2.02. The van der Waals surface area contributed by atoms with E-state index in [0.717, 1.165) is 5.56 Å². The highest BCUT2D eigenvalue weighted by Crippen LogP contribution is 2.21. The second-order valence-electron chi connectivity index (χ2n) is 4.96. The van der Waals surface area contributed by atoms with Crippen molar-refractivity contribution in [2.24, 2.45) is 0 Å². The van der Waals surface area contributed by atoms with E-state index < -0.39 is 11.9 Å². The molecule has 2 aromatic heterocycles. The lowest BCUT2D eigenvalue weighted by Gasteiger charge is -2.25. The van der Waals surface area contributed by atoms with Crippen molar-refractivity contribution in [2.75, 3.05) is 14.2 Å². The third-order valence-electron chi connectivity index (χ3n) is 3.56. The normalized spacial score (nSPS) is 11.6. The van der Waals surface area contributed by atoms with Crippen LogP contribution in [-0.2, 0) is 0 Å². The summed E-state index contributed by atoms with van der Waals surface area (Å²) in [4.78, 5) is 33.1. The summed E-state index contributed by atoms with van der Waals surface area (Å²) in [6, 6.07) is 6.11. The van der Waals surface area contributed by atoms with Gasteiger partial charge in [0.25, 0.3) is 5.91 Å². The number of carbonyl (C=O) groups is 2. The van der Waals surface area contributed by atoms with Crippen molar-refractivity contribution in [3.8, 4) is 5.75 Å². The van der Waals surface area contributed by atoms with Crippen LogP contribution >= 0.6 is 0 Å². The average Bonchev–Trinajstić information content (AvgIpc) is 2.59. The molecule has 0 bridgehead atoms. The van der Waals surface area contributed by atoms with Crippen molar-refractivity contribution in [3.63, 3.8) is 0 Å². The van der Waals surface area contributed by atoms with Gasteiger partial charge in [-0.3, -0.25) is 9.78 Å². The van der Waals surface area contributed by atoms with Crippen LogP contribution in [0.25, 0.3) is 0 Å². The van der Waals surface area contributed by atoms with Crippen LogP contribution in [0.15, 0.2) is 36.7 Å². The molecular formula is C16H17N3O4. The van der Waals surface area contributed by atoms with E-state index in [4.69, 9.17) is 9.84 Å². The lowest BCUT2D eigenvalue weighted by Crippen LogP contribution is -2.30. The summed E-state index contributed by atoms with van der Waals surface area (Å²) in [5.41, 5.74) is 0.694. The van der Waals surface area contributed by atoms with Gasteiger partial charge in [0.1, 0.15) is 11.4 Å². The van der Waals surface area contributed by atoms with Gasteiger partial charge in [0.05, 0.1) is 13.2 Å². The summed E-state index contributed by atoms with van der Waals surface area (Å²) in [5.74, 6) is -1.34. The smallest absolute Gasteiger partial charge is 0.354 e. The summed E-state index contributed by atoms with van der Waals surface area (Å²) < 4.78 is 5.04. The molecule has 0 spiro atoms. The number of amides is 1. The lowest BCUT2D eigenvalue weighted by atomic mass is 10.1. The van der Waals surface area contributed by atoms with E-state index in [0.29, 0.717) is 0 Å². The number of methoxy groups -OCH3 is 1. The number of pyridine rings is 2. The van der Waals surface area contributed by atoms with Crippen molar-refractivity contribution in [1.82, 2.24) is 14.9 Å². The number of carboxylic acids is 1. The Morgan fingerprint density at radius 2 is 1.83 bits per heavy atom. The average molecular weight is 315 g/mol. The summed E-state index contributed by atoms with van der Waals surface area (Å²) >= 11 is 0. The number of hydrogen-bond acceptors (Lipinski definition) is 5. The fraction of sp³-hybridized carbons (Fsp3) is 0.250. The topological polar surface area (TPSA) is 92.6 Å². The van der Waals surface area contributed by atoms with E-state index in [1.54, 1.807) is 19.4 Å². The van der Waals surface area contributed by atoms with Gasteiger partial charge in [-0.05, 0) is 24.6 Å². The zero-order valence-corrected chi connectivity index (χ0v) is 13.1. The first-order valence-corrected chi connectivity index (χ1v) is 6.90. The third-order valence-corrected chi connectivity index (χ3v) is 3.56. The Labute approximate surface area is 133 Å². The molecule has 7 nitrogen and oxygen atoms in total. The second kappa shape index (κ2) is 6.87. The fourth-order valence-electron chi connectivity index (χ4n) is 2.06. The van der Waals surface area contributed by atoms with Gasteiger partial charge < -0.3 is 14.7 Å². The van der Waals surface area contributed by atoms with Crippen LogP contribution in [0, 0.1) is 0 Å². The minimum Gasteiger partial charge on any atom is -0.497 e. The summed E-state index contributed by atoms with van der Waals surface area (Å²) in [6.07, 6.45) is 3.30. The van der Waals surface area contributed by atoms with Gasteiger partial charge in [0.15, 0.2) is 5.69 Å². The largest absolute Gasteiger partial charge is 0.497 e. The Bertz CT molecular complexity index is 719. The third kappa shape index (κ3) is 3.63. The highest BCUT2D eigenvalue weighted by molar-refractivity contribution is 5.95. The summed E-state index contributed by atoms with van der Waals surface area (Å²) in [5, 5.41) is 9.09. The lowest BCUT2D eigenvalue weighted by molar-refractivity contribution is 0.0689. The molecule has 0 fully saturated rings.